The Morgan fingerprint density at radius 2 is 1.67 bits per heavy atom. The molecule has 1 amide bonds. The monoisotopic (exact) mass is 277 g/mol. The van der Waals surface area contributed by atoms with Crippen molar-refractivity contribution in [1.82, 2.24) is 5.32 Å². The molecule has 104 valence electrons. The smallest absolute Gasteiger partial charge is 0.329 e. The summed E-state index contributed by atoms with van der Waals surface area (Å²) in [4.78, 5) is 33.5. The number of hydrogen-bond donors (Lipinski definition) is 1. The Balaban J connectivity index is 4.15. The zero-order valence-corrected chi connectivity index (χ0v) is 11.8. The lowest BCUT2D eigenvalue weighted by molar-refractivity contribution is -0.144. The number of carbonyl (C=O) groups excluding carboxylic acids is 3. The lowest BCUT2D eigenvalue weighted by atomic mass is 10.2. The number of rotatable bonds is 7. The molecule has 0 aliphatic carbocycles. The van der Waals surface area contributed by atoms with Crippen LogP contribution >= 0.6 is 11.8 Å². The Hall–Kier alpha value is -1.24. The maximum Gasteiger partial charge on any atom is 0.329 e. The number of ether oxygens (including phenoxy) is 2. The van der Waals surface area contributed by atoms with Gasteiger partial charge in [0.1, 0.15) is 6.04 Å². The minimum absolute atomic E-state index is 0.254. The van der Waals surface area contributed by atoms with Crippen LogP contribution in [0.3, 0.4) is 0 Å². The fourth-order valence-corrected chi connectivity index (χ4v) is 2.27. The first-order chi connectivity index (χ1) is 8.42. The second-order valence-electron chi connectivity index (χ2n) is 3.74. The van der Waals surface area contributed by atoms with Crippen molar-refractivity contribution in [2.24, 2.45) is 5.92 Å². The van der Waals surface area contributed by atoms with E-state index in [1.165, 1.54) is 32.9 Å². The van der Waals surface area contributed by atoms with Gasteiger partial charge in [-0.25, -0.2) is 4.79 Å². The third kappa shape index (κ3) is 6.48. The standard InChI is InChI=1S/C11H19NO5S/c1-7(10(14)16-3)5-18-6-9(11(15)17-4)12-8(2)13/h7,9H,5-6H2,1-4H3,(H,12,13). The molecule has 2 unspecified atom stereocenters. The van der Waals surface area contributed by atoms with Crippen molar-refractivity contribution in [3.63, 3.8) is 0 Å². The first-order valence-corrected chi connectivity index (χ1v) is 6.58. The molecule has 0 aromatic carbocycles. The van der Waals surface area contributed by atoms with Crippen LogP contribution in [-0.2, 0) is 23.9 Å². The van der Waals surface area contributed by atoms with E-state index >= 15 is 0 Å². The van der Waals surface area contributed by atoms with Gasteiger partial charge in [-0.1, -0.05) is 6.92 Å². The lowest BCUT2D eigenvalue weighted by Crippen LogP contribution is -2.42. The van der Waals surface area contributed by atoms with Crippen molar-refractivity contribution in [3.05, 3.63) is 0 Å². The van der Waals surface area contributed by atoms with Gasteiger partial charge in [0.15, 0.2) is 0 Å². The topological polar surface area (TPSA) is 81.7 Å². The molecule has 2 atom stereocenters. The first kappa shape index (κ1) is 16.8. The van der Waals surface area contributed by atoms with Crippen LogP contribution in [0.25, 0.3) is 0 Å². The number of nitrogens with one attached hydrogen (secondary N) is 1. The molecule has 0 aliphatic rings. The van der Waals surface area contributed by atoms with E-state index in [1.807, 2.05) is 0 Å². The molecule has 0 bridgehead atoms. The van der Waals surface area contributed by atoms with Crippen LogP contribution in [-0.4, -0.2) is 49.6 Å². The summed E-state index contributed by atoms with van der Waals surface area (Å²) in [7, 11) is 2.59. The minimum atomic E-state index is -0.692. The van der Waals surface area contributed by atoms with E-state index < -0.39 is 12.0 Å². The van der Waals surface area contributed by atoms with E-state index in [0.717, 1.165) is 0 Å². The SMILES string of the molecule is COC(=O)C(C)CSCC(NC(C)=O)C(=O)OC. The predicted octanol–water partition coefficient (Wildman–Crippen LogP) is 0.206. The summed E-state index contributed by atoms with van der Waals surface area (Å²) in [6.07, 6.45) is 0. The summed E-state index contributed by atoms with van der Waals surface area (Å²) in [5.74, 6) is -0.476. The fraction of sp³-hybridized carbons (Fsp3) is 0.727. The van der Waals surface area contributed by atoms with Gasteiger partial charge in [0.05, 0.1) is 20.1 Å². The summed E-state index contributed by atoms with van der Waals surface area (Å²) in [5.41, 5.74) is 0. The second kappa shape index (κ2) is 8.79. The number of thioether (sulfide) groups is 1. The van der Waals surface area contributed by atoms with E-state index in [0.29, 0.717) is 11.5 Å². The Labute approximate surface area is 111 Å². The first-order valence-electron chi connectivity index (χ1n) is 5.42. The van der Waals surface area contributed by atoms with E-state index in [-0.39, 0.29) is 17.8 Å². The van der Waals surface area contributed by atoms with E-state index in [4.69, 9.17) is 0 Å². The molecule has 7 heteroatoms. The Bertz CT molecular complexity index is 308. The molecule has 18 heavy (non-hydrogen) atoms. The van der Waals surface area contributed by atoms with Crippen molar-refractivity contribution in [2.45, 2.75) is 19.9 Å². The summed E-state index contributed by atoms with van der Waals surface area (Å²) in [6.45, 7) is 3.07. The fourth-order valence-electron chi connectivity index (χ4n) is 1.19. The molecule has 0 rings (SSSR count). The molecule has 0 saturated carbocycles. The van der Waals surface area contributed by atoms with E-state index in [2.05, 4.69) is 14.8 Å². The molecule has 0 heterocycles. The van der Waals surface area contributed by atoms with Gasteiger partial charge in [-0.15, -0.1) is 0 Å². The van der Waals surface area contributed by atoms with Crippen LogP contribution in [0.15, 0.2) is 0 Å². The minimum Gasteiger partial charge on any atom is -0.469 e. The van der Waals surface area contributed by atoms with Crippen molar-refractivity contribution in [2.75, 3.05) is 25.7 Å². The Morgan fingerprint density at radius 3 is 2.11 bits per heavy atom. The third-order valence-corrected chi connectivity index (χ3v) is 3.42. The molecule has 0 aliphatic heterocycles. The van der Waals surface area contributed by atoms with Gasteiger partial charge in [-0.05, 0) is 0 Å². The number of carbonyl (C=O) groups is 3. The maximum atomic E-state index is 11.4. The van der Waals surface area contributed by atoms with E-state index in [1.54, 1.807) is 6.92 Å². The molecule has 6 nitrogen and oxygen atoms in total. The summed E-state index contributed by atoms with van der Waals surface area (Å²) in [5, 5.41) is 2.50. The highest BCUT2D eigenvalue weighted by Crippen LogP contribution is 2.11. The molecular weight excluding hydrogens is 258 g/mol. The zero-order valence-electron chi connectivity index (χ0n) is 11.0. The second-order valence-corrected chi connectivity index (χ2v) is 4.81. The van der Waals surface area contributed by atoms with Crippen molar-refractivity contribution in [3.8, 4) is 0 Å². The van der Waals surface area contributed by atoms with Gasteiger partial charge in [-0.2, -0.15) is 11.8 Å². The number of methoxy groups -OCH3 is 2. The average molecular weight is 277 g/mol. The molecular formula is C11H19NO5S. The molecule has 0 aromatic rings. The summed E-state index contributed by atoms with van der Waals surface area (Å²) < 4.78 is 9.17. The number of hydrogen-bond acceptors (Lipinski definition) is 6. The Kier molecular flexibility index (Phi) is 8.19. The van der Waals surface area contributed by atoms with Crippen LogP contribution < -0.4 is 5.32 Å². The third-order valence-electron chi connectivity index (χ3n) is 2.12. The predicted molar refractivity (Wildman–Crippen MR) is 68.1 cm³/mol. The Morgan fingerprint density at radius 1 is 1.11 bits per heavy atom. The highest BCUT2D eigenvalue weighted by atomic mass is 32.2. The van der Waals surface area contributed by atoms with Crippen LogP contribution in [0.2, 0.25) is 0 Å². The highest BCUT2D eigenvalue weighted by molar-refractivity contribution is 7.99. The van der Waals surface area contributed by atoms with Gasteiger partial charge in [-0.3, -0.25) is 9.59 Å². The quantitative estimate of drug-likeness (QED) is 0.670. The van der Waals surface area contributed by atoms with Gasteiger partial charge in [0.2, 0.25) is 5.91 Å². The molecule has 0 radical (unpaired) electrons. The van der Waals surface area contributed by atoms with Crippen molar-refractivity contribution < 1.29 is 23.9 Å². The summed E-state index contributed by atoms with van der Waals surface area (Å²) >= 11 is 1.38. The highest BCUT2D eigenvalue weighted by Gasteiger charge is 2.21. The lowest BCUT2D eigenvalue weighted by Gasteiger charge is -2.16. The van der Waals surface area contributed by atoms with Crippen molar-refractivity contribution >= 4 is 29.6 Å². The normalized spacial score (nSPS) is 13.3. The van der Waals surface area contributed by atoms with Gasteiger partial charge in [0, 0.05) is 18.4 Å². The average Bonchev–Trinajstić information content (AvgIpc) is 2.34. The van der Waals surface area contributed by atoms with Crippen LogP contribution in [0.5, 0.6) is 0 Å². The van der Waals surface area contributed by atoms with Crippen LogP contribution in [0.4, 0.5) is 0 Å². The largest absolute Gasteiger partial charge is 0.469 e. The van der Waals surface area contributed by atoms with Crippen LogP contribution in [0.1, 0.15) is 13.8 Å². The molecule has 1 N–H and O–H groups in total. The molecule has 0 fully saturated rings. The van der Waals surface area contributed by atoms with Gasteiger partial charge < -0.3 is 14.8 Å². The number of esters is 2. The van der Waals surface area contributed by atoms with E-state index in [9.17, 15) is 14.4 Å². The van der Waals surface area contributed by atoms with Gasteiger partial charge >= 0.3 is 11.9 Å². The van der Waals surface area contributed by atoms with Crippen LogP contribution in [0, 0.1) is 5.92 Å². The summed E-state index contributed by atoms with van der Waals surface area (Å²) in [6, 6.07) is -0.692. The van der Waals surface area contributed by atoms with Gasteiger partial charge in [0.25, 0.3) is 0 Å². The molecule has 0 aromatic heterocycles. The van der Waals surface area contributed by atoms with Crippen molar-refractivity contribution in [1.29, 1.82) is 0 Å². The molecule has 0 saturated heterocycles. The zero-order chi connectivity index (χ0) is 14.1. The molecule has 0 spiro atoms. The maximum absolute atomic E-state index is 11.4. The number of amides is 1.